The van der Waals surface area contributed by atoms with E-state index >= 15 is 0 Å². The third kappa shape index (κ3) is 5.80. The molecule has 0 fully saturated rings. The molecule has 2 nitrogen and oxygen atoms in total. The van der Waals surface area contributed by atoms with Gasteiger partial charge in [-0.1, -0.05) is 24.8 Å². The molecule has 0 aliphatic heterocycles. The summed E-state index contributed by atoms with van der Waals surface area (Å²) in [5, 5.41) is 3.28. The number of hydrogen-bond acceptors (Lipinski definition) is 4. The Labute approximate surface area is 125 Å². The maximum absolute atomic E-state index is 11.6. The molecule has 96 valence electrons. The molecule has 0 bridgehead atoms. The van der Waals surface area contributed by atoms with Crippen molar-refractivity contribution < 1.29 is 4.79 Å². The molecule has 0 saturated heterocycles. The molecule has 5 heteroatoms. The number of thioether (sulfide) groups is 1. The van der Waals surface area contributed by atoms with Gasteiger partial charge in [0, 0.05) is 23.5 Å². The fourth-order valence-electron chi connectivity index (χ4n) is 1.21. The van der Waals surface area contributed by atoms with Gasteiger partial charge in [-0.15, -0.1) is 12.6 Å². The van der Waals surface area contributed by atoms with Gasteiger partial charge in [0.25, 0.3) is 0 Å². The van der Waals surface area contributed by atoms with Crippen LogP contribution in [-0.4, -0.2) is 11.7 Å². The van der Waals surface area contributed by atoms with Gasteiger partial charge >= 0.3 is 0 Å². The Bertz CT molecular complexity index is 460. The normalized spacial score (nSPS) is 11.1. The number of thiol groups is 1. The van der Waals surface area contributed by atoms with Crippen molar-refractivity contribution in [1.82, 2.24) is 0 Å². The van der Waals surface area contributed by atoms with Crippen LogP contribution in [0.4, 0.5) is 5.69 Å². The Hall–Kier alpha value is -0.650. The highest BCUT2D eigenvalue weighted by atomic mass is 79.9. The van der Waals surface area contributed by atoms with E-state index in [2.05, 4.69) is 40.5 Å². The quantitative estimate of drug-likeness (QED) is 0.590. The third-order valence-electron chi connectivity index (χ3n) is 2.01. The largest absolute Gasteiger partial charge is 0.384 e. The number of carbonyl (C=O) groups excluding carboxylic acids is 1. The summed E-state index contributed by atoms with van der Waals surface area (Å²) in [5.74, 6) is 0. The molecule has 0 spiro atoms. The van der Waals surface area contributed by atoms with Crippen molar-refractivity contribution in [1.29, 1.82) is 0 Å². The summed E-state index contributed by atoms with van der Waals surface area (Å²) >= 11 is 8.78. The van der Waals surface area contributed by atoms with E-state index in [1.54, 1.807) is 12.2 Å². The molecule has 0 aliphatic carbocycles. The van der Waals surface area contributed by atoms with Crippen LogP contribution in [0.3, 0.4) is 0 Å². The van der Waals surface area contributed by atoms with Crippen LogP contribution < -0.4 is 5.32 Å². The summed E-state index contributed by atoms with van der Waals surface area (Å²) in [6.07, 6.45) is 3.84. The molecule has 0 heterocycles. The molecule has 1 aromatic rings. The van der Waals surface area contributed by atoms with E-state index < -0.39 is 0 Å². The van der Waals surface area contributed by atoms with Crippen LogP contribution in [0.5, 0.6) is 0 Å². The van der Waals surface area contributed by atoms with Gasteiger partial charge in [-0.25, -0.2) is 0 Å². The highest BCUT2D eigenvalue weighted by Gasteiger charge is 2.05. The average Bonchev–Trinajstić information content (AvgIpc) is 2.31. The Morgan fingerprint density at radius 3 is 2.89 bits per heavy atom. The first-order valence-electron chi connectivity index (χ1n) is 5.34. The third-order valence-corrected chi connectivity index (χ3v) is 3.91. The predicted molar refractivity (Wildman–Crippen MR) is 86.6 cm³/mol. The zero-order chi connectivity index (χ0) is 13.4. The van der Waals surface area contributed by atoms with Crippen molar-refractivity contribution in [2.45, 2.75) is 11.3 Å². The molecule has 0 saturated carbocycles. The summed E-state index contributed by atoms with van der Waals surface area (Å²) in [6, 6.07) is 7.70. The van der Waals surface area contributed by atoms with Crippen LogP contribution in [0.1, 0.15) is 6.42 Å². The van der Waals surface area contributed by atoms with Gasteiger partial charge in [0.15, 0.2) is 5.12 Å². The molecule has 0 atom stereocenters. The average molecular weight is 344 g/mol. The van der Waals surface area contributed by atoms with Crippen LogP contribution in [0, 0.1) is 0 Å². The second-order valence-corrected chi connectivity index (χ2v) is 6.33. The minimum atomic E-state index is 0.101. The van der Waals surface area contributed by atoms with Gasteiger partial charge in [-0.05, 0) is 45.9 Å². The van der Waals surface area contributed by atoms with Gasteiger partial charge in [-0.2, -0.15) is 0 Å². The van der Waals surface area contributed by atoms with E-state index in [1.165, 1.54) is 11.8 Å². The number of carbonyl (C=O) groups is 1. The molecule has 1 rings (SSSR count). The summed E-state index contributed by atoms with van der Waals surface area (Å²) < 4.78 is 0.775. The zero-order valence-corrected chi connectivity index (χ0v) is 13.0. The molecule has 0 aromatic heterocycles. The van der Waals surface area contributed by atoms with E-state index in [9.17, 15) is 4.79 Å². The van der Waals surface area contributed by atoms with E-state index in [4.69, 9.17) is 0 Å². The Morgan fingerprint density at radius 2 is 2.22 bits per heavy atom. The van der Waals surface area contributed by atoms with Gasteiger partial charge in [-0.3, -0.25) is 4.79 Å². The lowest BCUT2D eigenvalue weighted by atomic mass is 10.3. The lowest BCUT2D eigenvalue weighted by Gasteiger charge is -2.07. The van der Waals surface area contributed by atoms with E-state index in [1.807, 2.05) is 24.3 Å². The van der Waals surface area contributed by atoms with Crippen LogP contribution in [0.2, 0.25) is 0 Å². The highest BCUT2D eigenvalue weighted by molar-refractivity contribution is 9.14. The molecule has 0 aliphatic rings. The monoisotopic (exact) mass is 343 g/mol. The first-order valence-corrected chi connectivity index (χ1v) is 7.40. The Morgan fingerprint density at radius 1 is 1.50 bits per heavy atom. The lowest BCUT2D eigenvalue weighted by molar-refractivity contribution is -0.110. The standard InChI is InChI=1S/C13H14BrNOS2/c1-2-5-12(14)18-13(16)8-9-15-10-6-3-4-7-11(10)17/h2-7,15,17H,1,8-9H2/b12-5-. The highest BCUT2D eigenvalue weighted by Crippen LogP contribution is 2.24. The molecular weight excluding hydrogens is 330 g/mol. The molecule has 0 amide bonds. The number of nitrogens with one attached hydrogen (secondary N) is 1. The summed E-state index contributed by atoms with van der Waals surface area (Å²) in [5.41, 5.74) is 0.944. The van der Waals surface area contributed by atoms with Crippen LogP contribution in [0.15, 0.2) is 51.7 Å². The zero-order valence-electron chi connectivity index (χ0n) is 9.73. The smallest absolute Gasteiger partial charge is 0.195 e. The second kappa shape index (κ2) is 8.45. The van der Waals surface area contributed by atoms with Crippen molar-refractivity contribution >= 4 is 51.1 Å². The van der Waals surface area contributed by atoms with Crippen LogP contribution >= 0.6 is 40.3 Å². The van der Waals surface area contributed by atoms with Crippen molar-refractivity contribution in [2.24, 2.45) is 0 Å². The fraction of sp³-hybridized carbons (Fsp3) is 0.154. The van der Waals surface area contributed by atoms with Gasteiger partial charge < -0.3 is 5.32 Å². The Balaban J connectivity index is 2.34. The van der Waals surface area contributed by atoms with Crippen molar-refractivity contribution in [3.8, 4) is 0 Å². The molecular formula is C13H14BrNOS2. The maximum atomic E-state index is 11.6. The molecule has 0 unspecified atom stereocenters. The van der Waals surface area contributed by atoms with Gasteiger partial charge in [0.1, 0.15) is 0 Å². The van der Waals surface area contributed by atoms with E-state index in [0.29, 0.717) is 13.0 Å². The first kappa shape index (κ1) is 15.4. The number of benzene rings is 1. The van der Waals surface area contributed by atoms with E-state index in [-0.39, 0.29) is 5.12 Å². The van der Waals surface area contributed by atoms with Gasteiger partial charge in [0.05, 0.1) is 3.81 Å². The summed E-state index contributed by atoms with van der Waals surface area (Å²) in [4.78, 5) is 12.5. The van der Waals surface area contributed by atoms with Crippen molar-refractivity contribution in [2.75, 3.05) is 11.9 Å². The minimum absolute atomic E-state index is 0.101. The fourth-order valence-corrected chi connectivity index (χ4v) is 2.76. The first-order chi connectivity index (χ1) is 8.63. The Kier molecular flexibility index (Phi) is 7.23. The van der Waals surface area contributed by atoms with E-state index in [0.717, 1.165) is 14.4 Å². The van der Waals surface area contributed by atoms with Crippen molar-refractivity contribution in [3.63, 3.8) is 0 Å². The summed E-state index contributed by atoms with van der Waals surface area (Å²) in [6.45, 7) is 4.16. The number of anilines is 1. The molecule has 18 heavy (non-hydrogen) atoms. The molecule has 1 N–H and O–H groups in total. The molecule has 0 radical (unpaired) electrons. The number of hydrogen-bond donors (Lipinski definition) is 2. The minimum Gasteiger partial charge on any atom is -0.384 e. The predicted octanol–water partition coefficient (Wildman–Crippen LogP) is 4.46. The number of allylic oxidation sites excluding steroid dienone is 2. The van der Waals surface area contributed by atoms with Gasteiger partial charge in [0.2, 0.25) is 0 Å². The van der Waals surface area contributed by atoms with Crippen molar-refractivity contribution in [3.05, 3.63) is 46.8 Å². The second-order valence-electron chi connectivity index (χ2n) is 3.37. The van der Waals surface area contributed by atoms with Crippen LogP contribution in [-0.2, 0) is 4.79 Å². The number of para-hydroxylation sites is 1. The summed E-state index contributed by atoms with van der Waals surface area (Å²) in [7, 11) is 0. The van der Waals surface area contributed by atoms with Crippen LogP contribution in [0.25, 0.3) is 0 Å². The number of halogens is 1. The number of rotatable bonds is 6. The maximum Gasteiger partial charge on any atom is 0.195 e. The SMILES string of the molecule is C=C/C=C(/Br)SC(=O)CCNc1ccccc1S. The topological polar surface area (TPSA) is 29.1 Å². The molecule has 1 aromatic carbocycles. The lowest BCUT2D eigenvalue weighted by Crippen LogP contribution is -2.06.